The van der Waals surface area contributed by atoms with E-state index in [1.807, 2.05) is 18.2 Å². The fourth-order valence-corrected chi connectivity index (χ4v) is 5.68. The fourth-order valence-electron chi connectivity index (χ4n) is 5.68. The molecule has 0 bridgehead atoms. The first-order valence-electron chi connectivity index (χ1n) is 11.6. The molecule has 1 aromatic carbocycles. The number of rotatable bonds is 3. The number of para-hydroxylation sites is 2. The van der Waals surface area contributed by atoms with Crippen LogP contribution in [0.2, 0.25) is 0 Å². The lowest BCUT2D eigenvalue weighted by atomic mass is 9.84. The quantitative estimate of drug-likeness (QED) is 0.689. The van der Waals surface area contributed by atoms with E-state index in [1.54, 1.807) is 0 Å². The van der Waals surface area contributed by atoms with E-state index in [-0.39, 0.29) is 11.8 Å². The topological polar surface area (TPSA) is 90.7 Å². The SMILES string of the molecule is Cc1c(C2CCN(C)CC2)c(C#N)c2nc3ccccc3n2c1N1CCC(C(N)=O)CC1. The van der Waals surface area contributed by atoms with Crippen LogP contribution in [0.15, 0.2) is 24.3 Å². The number of aromatic nitrogens is 2. The van der Waals surface area contributed by atoms with Gasteiger partial charge in [0.1, 0.15) is 11.9 Å². The van der Waals surface area contributed by atoms with Crippen molar-refractivity contribution in [1.29, 1.82) is 5.26 Å². The van der Waals surface area contributed by atoms with E-state index in [2.05, 4.69) is 40.3 Å². The normalized spacial score (nSPS) is 19.0. The number of likely N-dealkylation sites (tertiary alicyclic amines) is 1. The lowest BCUT2D eigenvalue weighted by Crippen LogP contribution is -2.40. The number of carbonyl (C=O) groups is 1. The number of fused-ring (bicyclic) bond motifs is 3. The maximum absolute atomic E-state index is 11.7. The van der Waals surface area contributed by atoms with E-state index in [0.717, 1.165) is 79.9 Å². The van der Waals surface area contributed by atoms with Crippen molar-refractivity contribution in [3.63, 3.8) is 0 Å². The molecule has 32 heavy (non-hydrogen) atoms. The zero-order chi connectivity index (χ0) is 22.4. The minimum atomic E-state index is -0.202. The Hall–Kier alpha value is -3.11. The molecule has 7 heteroatoms. The van der Waals surface area contributed by atoms with Gasteiger partial charge in [0, 0.05) is 19.0 Å². The monoisotopic (exact) mass is 430 g/mol. The average Bonchev–Trinajstić information content (AvgIpc) is 3.18. The highest BCUT2D eigenvalue weighted by Crippen LogP contribution is 2.40. The Kier molecular flexibility index (Phi) is 5.26. The highest BCUT2D eigenvalue weighted by atomic mass is 16.1. The van der Waals surface area contributed by atoms with Gasteiger partial charge in [-0.3, -0.25) is 9.20 Å². The molecule has 0 aliphatic carbocycles. The van der Waals surface area contributed by atoms with Gasteiger partial charge in [0.2, 0.25) is 5.91 Å². The average molecular weight is 431 g/mol. The number of hydrogen-bond donors (Lipinski definition) is 1. The van der Waals surface area contributed by atoms with E-state index in [4.69, 9.17) is 10.7 Å². The van der Waals surface area contributed by atoms with Crippen molar-refractivity contribution >= 4 is 28.4 Å². The van der Waals surface area contributed by atoms with E-state index >= 15 is 0 Å². The van der Waals surface area contributed by atoms with Crippen LogP contribution in [-0.4, -0.2) is 53.4 Å². The van der Waals surface area contributed by atoms with Gasteiger partial charge in [-0.2, -0.15) is 5.26 Å². The van der Waals surface area contributed by atoms with Crippen molar-refractivity contribution in [2.45, 2.75) is 38.5 Å². The molecule has 5 rings (SSSR count). The number of anilines is 1. The second kappa shape index (κ2) is 8.10. The Labute approximate surface area is 188 Å². The van der Waals surface area contributed by atoms with Crippen LogP contribution in [0, 0.1) is 24.2 Å². The number of amides is 1. The molecule has 2 aliphatic heterocycles. The van der Waals surface area contributed by atoms with Gasteiger partial charge in [0.05, 0.1) is 16.6 Å². The molecule has 0 spiro atoms. The van der Waals surface area contributed by atoms with Crippen molar-refractivity contribution in [3.8, 4) is 6.07 Å². The molecule has 0 atom stereocenters. The number of imidazole rings is 1. The molecular formula is C25H30N6O. The van der Waals surface area contributed by atoms with Crippen molar-refractivity contribution < 1.29 is 4.79 Å². The fraction of sp³-hybridized carbons (Fsp3) is 0.480. The molecule has 7 nitrogen and oxygen atoms in total. The van der Waals surface area contributed by atoms with Crippen LogP contribution in [0.25, 0.3) is 16.7 Å². The van der Waals surface area contributed by atoms with E-state index < -0.39 is 0 Å². The molecular weight excluding hydrogens is 400 g/mol. The molecule has 0 radical (unpaired) electrons. The first-order chi connectivity index (χ1) is 15.5. The Morgan fingerprint density at radius 1 is 1.12 bits per heavy atom. The minimum Gasteiger partial charge on any atom is -0.369 e. The number of piperidine rings is 2. The van der Waals surface area contributed by atoms with Crippen LogP contribution >= 0.6 is 0 Å². The number of pyridine rings is 1. The van der Waals surface area contributed by atoms with Gasteiger partial charge < -0.3 is 15.5 Å². The van der Waals surface area contributed by atoms with Crippen molar-refractivity contribution in [3.05, 3.63) is 41.0 Å². The Balaban J connectivity index is 1.73. The largest absolute Gasteiger partial charge is 0.369 e. The highest BCUT2D eigenvalue weighted by Gasteiger charge is 2.31. The Bertz CT molecular complexity index is 1220. The van der Waals surface area contributed by atoms with Gasteiger partial charge in [0.25, 0.3) is 0 Å². The number of carbonyl (C=O) groups excluding carboxylic acids is 1. The first-order valence-corrected chi connectivity index (χ1v) is 11.6. The summed E-state index contributed by atoms with van der Waals surface area (Å²) in [6.07, 6.45) is 3.61. The maximum Gasteiger partial charge on any atom is 0.220 e. The number of nitrogens with zero attached hydrogens (tertiary/aromatic N) is 5. The summed E-state index contributed by atoms with van der Waals surface area (Å²) in [6.45, 7) is 5.79. The summed E-state index contributed by atoms with van der Waals surface area (Å²) in [7, 11) is 2.16. The summed E-state index contributed by atoms with van der Waals surface area (Å²) in [5.74, 6) is 1.21. The van der Waals surface area contributed by atoms with Crippen LogP contribution in [0.5, 0.6) is 0 Å². The summed E-state index contributed by atoms with van der Waals surface area (Å²) in [6, 6.07) is 10.6. The highest BCUT2D eigenvalue weighted by molar-refractivity contribution is 5.86. The predicted molar refractivity (Wildman–Crippen MR) is 126 cm³/mol. The third-order valence-electron chi connectivity index (χ3n) is 7.44. The van der Waals surface area contributed by atoms with Crippen LogP contribution in [-0.2, 0) is 4.79 Å². The standard InChI is InChI=1S/C25H30N6O/c1-16-22(17-7-11-29(2)12-8-17)19(15-26)24-28-20-5-3-4-6-21(20)31(24)25(16)30-13-9-18(10-14-30)23(27)32/h3-6,17-18H,7-14H2,1-2H3,(H2,27,32). The summed E-state index contributed by atoms with van der Waals surface area (Å²) < 4.78 is 2.17. The lowest BCUT2D eigenvalue weighted by molar-refractivity contribution is -0.122. The third-order valence-corrected chi connectivity index (χ3v) is 7.44. The zero-order valence-corrected chi connectivity index (χ0v) is 18.8. The summed E-state index contributed by atoms with van der Waals surface area (Å²) in [4.78, 5) is 21.4. The minimum absolute atomic E-state index is 0.0617. The molecule has 1 amide bonds. The number of benzene rings is 1. The summed E-state index contributed by atoms with van der Waals surface area (Å²) >= 11 is 0. The molecule has 3 aromatic rings. The number of primary amides is 1. The molecule has 2 aromatic heterocycles. The molecule has 4 heterocycles. The van der Waals surface area contributed by atoms with Crippen molar-refractivity contribution in [2.24, 2.45) is 11.7 Å². The van der Waals surface area contributed by atoms with Gasteiger partial charge in [-0.1, -0.05) is 12.1 Å². The van der Waals surface area contributed by atoms with E-state index in [1.165, 1.54) is 5.56 Å². The predicted octanol–water partition coefficient (Wildman–Crippen LogP) is 3.18. The summed E-state index contributed by atoms with van der Waals surface area (Å²) in [5, 5.41) is 10.3. The maximum atomic E-state index is 11.7. The Morgan fingerprint density at radius 3 is 2.47 bits per heavy atom. The van der Waals surface area contributed by atoms with Gasteiger partial charge in [-0.05, 0) is 81.9 Å². The van der Waals surface area contributed by atoms with Crippen molar-refractivity contribution in [1.82, 2.24) is 14.3 Å². The van der Waals surface area contributed by atoms with E-state index in [9.17, 15) is 10.1 Å². The second-order valence-electron chi connectivity index (χ2n) is 9.35. The van der Waals surface area contributed by atoms with Crippen molar-refractivity contribution in [2.75, 3.05) is 38.1 Å². The molecule has 2 aliphatic rings. The van der Waals surface area contributed by atoms with Gasteiger partial charge >= 0.3 is 0 Å². The molecule has 0 unspecified atom stereocenters. The number of nitriles is 1. The number of nitrogens with two attached hydrogens (primary N) is 1. The van der Waals surface area contributed by atoms with Crippen LogP contribution in [0.3, 0.4) is 0 Å². The lowest BCUT2D eigenvalue weighted by Gasteiger charge is -2.36. The molecule has 2 N–H and O–H groups in total. The molecule has 2 saturated heterocycles. The van der Waals surface area contributed by atoms with E-state index in [0.29, 0.717) is 11.5 Å². The molecule has 166 valence electrons. The van der Waals surface area contributed by atoms with Crippen LogP contribution < -0.4 is 10.6 Å². The molecule has 2 fully saturated rings. The first kappa shape index (κ1) is 20.8. The van der Waals surface area contributed by atoms with Crippen LogP contribution in [0.4, 0.5) is 5.82 Å². The zero-order valence-electron chi connectivity index (χ0n) is 18.8. The second-order valence-corrected chi connectivity index (χ2v) is 9.35. The van der Waals surface area contributed by atoms with Crippen LogP contribution in [0.1, 0.15) is 48.3 Å². The number of hydrogen-bond acceptors (Lipinski definition) is 5. The van der Waals surface area contributed by atoms with Gasteiger partial charge in [0.15, 0.2) is 5.65 Å². The summed E-state index contributed by atoms with van der Waals surface area (Å²) in [5.41, 5.74) is 11.3. The third kappa shape index (κ3) is 3.30. The van der Waals surface area contributed by atoms with Gasteiger partial charge in [-0.15, -0.1) is 0 Å². The Morgan fingerprint density at radius 2 is 1.81 bits per heavy atom. The smallest absolute Gasteiger partial charge is 0.220 e. The molecule has 0 saturated carbocycles. The van der Waals surface area contributed by atoms with Gasteiger partial charge in [-0.25, -0.2) is 4.98 Å².